The van der Waals surface area contributed by atoms with E-state index in [1.54, 1.807) is 0 Å². The molecule has 0 spiro atoms. The maximum absolute atomic E-state index is 12.9. The molecule has 0 aliphatic heterocycles. The fraction of sp³-hybridized carbons (Fsp3) is 0.500. The first-order valence-corrected chi connectivity index (χ1v) is 7.77. The van der Waals surface area contributed by atoms with E-state index in [1.807, 2.05) is 6.92 Å². The second-order valence-corrected chi connectivity index (χ2v) is 6.86. The number of aryl methyl sites for hydroxylation is 1. The molecular weight excluding hydrogens is 333 g/mol. The van der Waals surface area contributed by atoms with E-state index in [9.17, 15) is 27.6 Å². The summed E-state index contributed by atoms with van der Waals surface area (Å²) in [5, 5.41) is 0.0278. The Morgan fingerprint density at radius 2 is 1.96 bits per heavy atom. The highest BCUT2D eigenvalue weighted by molar-refractivity contribution is 7.20. The van der Waals surface area contributed by atoms with Crippen LogP contribution >= 0.6 is 11.3 Å². The number of rotatable bonds is 3. The predicted octanol–water partition coefficient (Wildman–Crippen LogP) is 2.49. The molecule has 0 saturated heterocycles. The van der Waals surface area contributed by atoms with E-state index >= 15 is 0 Å². The van der Waals surface area contributed by atoms with Gasteiger partial charge in [0.05, 0.1) is 10.3 Å². The van der Waals surface area contributed by atoms with Crippen LogP contribution in [-0.2, 0) is 6.54 Å². The fourth-order valence-corrected chi connectivity index (χ4v) is 3.87. The van der Waals surface area contributed by atoms with Gasteiger partial charge in [-0.1, -0.05) is 6.92 Å². The lowest BCUT2D eigenvalue weighted by molar-refractivity contribution is -0.140. The average Bonchev–Trinajstić information content (AvgIpc) is 3.04. The van der Waals surface area contributed by atoms with Crippen molar-refractivity contribution in [3.63, 3.8) is 0 Å². The molecule has 2 heterocycles. The van der Waals surface area contributed by atoms with Gasteiger partial charge < -0.3 is 0 Å². The van der Waals surface area contributed by atoms with Gasteiger partial charge in [-0.2, -0.15) is 13.2 Å². The van der Waals surface area contributed by atoms with Crippen molar-refractivity contribution >= 4 is 27.8 Å². The van der Waals surface area contributed by atoms with Gasteiger partial charge in [0.1, 0.15) is 11.4 Å². The van der Waals surface area contributed by atoms with E-state index in [0.29, 0.717) is 22.8 Å². The van der Waals surface area contributed by atoms with Gasteiger partial charge in [0.25, 0.3) is 5.56 Å². The maximum Gasteiger partial charge on any atom is 0.406 e. The van der Waals surface area contributed by atoms with Crippen LogP contribution in [0, 0.1) is 12.8 Å². The van der Waals surface area contributed by atoms with Gasteiger partial charge in [-0.05, 0) is 24.8 Å². The lowest BCUT2D eigenvalue weighted by Crippen LogP contribution is -2.41. The minimum Gasteiger partial charge on any atom is -0.297 e. The summed E-state index contributed by atoms with van der Waals surface area (Å²) in [5.74, 6) is 0.0710. The number of carbonyl (C=O) groups is 1. The average molecular weight is 346 g/mol. The minimum atomic E-state index is -4.60. The van der Waals surface area contributed by atoms with Crippen molar-refractivity contribution in [1.82, 2.24) is 9.13 Å². The Hall–Kier alpha value is -1.90. The summed E-state index contributed by atoms with van der Waals surface area (Å²) in [6.45, 7) is 1.85. The van der Waals surface area contributed by atoms with E-state index in [4.69, 9.17) is 0 Å². The molecule has 0 aromatic carbocycles. The number of carbonyl (C=O) groups excluding carboxylic acids is 1. The van der Waals surface area contributed by atoms with Gasteiger partial charge in [0, 0.05) is 6.04 Å². The molecule has 0 unspecified atom stereocenters. The van der Waals surface area contributed by atoms with Crippen LogP contribution in [0.3, 0.4) is 0 Å². The second kappa shape index (κ2) is 5.05. The van der Waals surface area contributed by atoms with Crippen molar-refractivity contribution in [3.05, 3.63) is 31.3 Å². The zero-order valence-electron chi connectivity index (χ0n) is 12.3. The largest absolute Gasteiger partial charge is 0.406 e. The first-order chi connectivity index (χ1) is 10.7. The van der Waals surface area contributed by atoms with Gasteiger partial charge in [0.15, 0.2) is 6.29 Å². The first-order valence-electron chi connectivity index (χ1n) is 6.96. The van der Waals surface area contributed by atoms with Crippen LogP contribution in [0.1, 0.15) is 34.6 Å². The van der Waals surface area contributed by atoms with Crippen LogP contribution in [0.4, 0.5) is 13.2 Å². The topological polar surface area (TPSA) is 61.1 Å². The number of thiophene rings is 1. The minimum absolute atomic E-state index is 0.0278. The molecule has 1 saturated carbocycles. The van der Waals surface area contributed by atoms with Gasteiger partial charge in [0.2, 0.25) is 0 Å². The van der Waals surface area contributed by atoms with E-state index in [2.05, 4.69) is 0 Å². The number of nitrogens with zero attached hydrogens (tertiary/aromatic N) is 2. The van der Waals surface area contributed by atoms with E-state index in [-0.39, 0.29) is 27.1 Å². The number of aldehydes is 1. The Kier molecular flexibility index (Phi) is 3.51. The quantitative estimate of drug-likeness (QED) is 0.802. The molecule has 1 aliphatic carbocycles. The van der Waals surface area contributed by atoms with Crippen molar-refractivity contribution in [1.29, 1.82) is 0 Å². The van der Waals surface area contributed by atoms with E-state index in [0.717, 1.165) is 15.9 Å². The van der Waals surface area contributed by atoms with E-state index in [1.165, 1.54) is 6.92 Å². The lowest BCUT2D eigenvalue weighted by atomic mass is 10.2. The fourth-order valence-electron chi connectivity index (χ4n) is 2.77. The number of aromatic nitrogens is 2. The van der Waals surface area contributed by atoms with Crippen molar-refractivity contribution in [2.75, 3.05) is 0 Å². The summed E-state index contributed by atoms with van der Waals surface area (Å²) in [6, 6.07) is -0.377. The molecule has 1 aliphatic rings. The predicted molar refractivity (Wildman–Crippen MR) is 79.3 cm³/mol. The Morgan fingerprint density at radius 1 is 1.35 bits per heavy atom. The molecule has 1 fully saturated rings. The smallest absolute Gasteiger partial charge is 0.297 e. The Morgan fingerprint density at radius 3 is 2.43 bits per heavy atom. The van der Waals surface area contributed by atoms with Crippen molar-refractivity contribution in [3.8, 4) is 0 Å². The van der Waals surface area contributed by atoms with Crippen LogP contribution < -0.4 is 11.2 Å². The SMILES string of the molecule is Cc1c(C=O)sc2c1c(=O)n([C@H]1C[C@@H]1C)c(=O)n2CC(F)(F)F. The highest BCUT2D eigenvalue weighted by atomic mass is 32.1. The molecule has 0 bridgehead atoms. The highest BCUT2D eigenvalue weighted by Gasteiger charge is 2.39. The van der Waals surface area contributed by atoms with Crippen LogP contribution in [0.2, 0.25) is 0 Å². The molecule has 5 nitrogen and oxygen atoms in total. The summed E-state index contributed by atoms with van der Waals surface area (Å²) in [7, 11) is 0. The molecule has 9 heteroatoms. The van der Waals surface area contributed by atoms with Crippen molar-refractivity contribution in [2.45, 2.75) is 39.0 Å². The van der Waals surface area contributed by atoms with Gasteiger partial charge in [-0.3, -0.25) is 18.7 Å². The van der Waals surface area contributed by atoms with Crippen molar-refractivity contribution in [2.24, 2.45) is 5.92 Å². The highest BCUT2D eigenvalue weighted by Crippen LogP contribution is 2.41. The van der Waals surface area contributed by atoms with E-state index < -0.39 is 24.0 Å². The monoisotopic (exact) mass is 346 g/mol. The second-order valence-electron chi connectivity index (χ2n) is 5.83. The molecule has 3 rings (SSSR count). The summed E-state index contributed by atoms with van der Waals surface area (Å²) in [4.78, 5) is 36.2. The number of hydrogen-bond acceptors (Lipinski definition) is 4. The number of halogens is 3. The molecule has 124 valence electrons. The Balaban J connectivity index is 2.42. The Labute approximate surface area is 132 Å². The molecule has 2 atom stereocenters. The maximum atomic E-state index is 12.9. The third kappa shape index (κ3) is 2.52. The normalized spacial score (nSPS) is 20.9. The van der Waals surface area contributed by atoms with Gasteiger partial charge in [-0.25, -0.2) is 4.79 Å². The molecule has 0 radical (unpaired) electrons. The van der Waals surface area contributed by atoms with Crippen LogP contribution in [0.15, 0.2) is 9.59 Å². The summed E-state index contributed by atoms with van der Waals surface area (Å²) in [5.41, 5.74) is -1.25. The van der Waals surface area contributed by atoms with Gasteiger partial charge >= 0.3 is 11.9 Å². The molecular formula is C14H13F3N2O3S. The zero-order valence-corrected chi connectivity index (χ0v) is 13.1. The summed E-state index contributed by atoms with van der Waals surface area (Å²) < 4.78 is 40.0. The van der Waals surface area contributed by atoms with Crippen LogP contribution in [-0.4, -0.2) is 21.6 Å². The number of alkyl halides is 3. The number of hydrogen-bond donors (Lipinski definition) is 0. The Bertz CT molecular complexity index is 922. The molecule has 2 aromatic rings. The molecule has 0 N–H and O–H groups in total. The molecule has 2 aromatic heterocycles. The first kappa shape index (κ1) is 16.0. The zero-order chi connectivity index (χ0) is 17.1. The third-order valence-electron chi connectivity index (χ3n) is 4.12. The van der Waals surface area contributed by atoms with Crippen LogP contribution in [0.5, 0.6) is 0 Å². The molecule has 23 heavy (non-hydrogen) atoms. The summed E-state index contributed by atoms with van der Waals surface area (Å²) >= 11 is 0.743. The standard InChI is InChI=1S/C14H13F3N2O3S/c1-6-3-8(6)19-11(21)10-7(2)9(4-20)23-12(10)18(13(19)22)5-14(15,16)17/h4,6,8H,3,5H2,1-2H3/t6-,8-/m0/s1. The lowest BCUT2D eigenvalue weighted by Gasteiger charge is -2.13. The van der Waals surface area contributed by atoms with Crippen LogP contribution in [0.25, 0.3) is 10.2 Å². The van der Waals surface area contributed by atoms with Gasteiger partial charge in [-0.15, -0.1) is 11.3 Å². The number of fused-ring (bicyclic) bond motifs is 1. The summed E-state index contributed by atoms with van der Waals surface area (Å²) in [6.07, 6.45) is -3.53. The van der Waals surface area contributed by atoms with Crippen molar-refractivity contribution < 1.29 is 18.0 Å². The molecule has 0 amide bonds. The third-order valence-corrected chi connectivity index (χ3v) is 5.36.